The number of aromatic nitrogens is 3. The van der Waals surface area contributed by atoms with Crippen LogP contribution in [0.1, 0.15) is 0 Å². The number of hydrogen-bond donors (Lipinski definition) is 2. The number of aromatic amines is 1. The van der Waals surface area contributed by atoms with Crippen molar-refractivity contribution in [3.63, 3.8) is 0 Å². The second-order valence-electron chi connectivity index (χ2n) is 6.82. The maximum Gasteiger partial charge on any atom is 0.280 e. The fourth-order valence-electron chi connectivity index (χ4n) is 3.63. The number of nitrogens with zero attached hydrogens (tertiary/aromatic N) is 3. The first kappa shape index (κ1) is 17.1. The molecule has 1 aliphatic rings. The third-order valence-corrected chi connectivity index (χ3v) is 5.33. The molecule has 7 nitrogen and oxygen atoms in total. The van der Waals surface area contributed by atoms with Gasteiger partial charge < -0.3 is 20.5 Å². The van der Waals surface area contributed by atoms with Crippen LogP contribution in [0.4, 0.5) is 5.69 Å². The van der Waals surface area contributed by atoms with E-state index in [1.807, 2.05) is 12.1 Å². The average molecular weight is 396 g/mol. The Kier molecular flexibility index (Phi) is 3.99. The number of anilines is 1. The SMILES string of the molecule is Nn1c(=O)c(-c2nc3ccc(N4CCOCC4)cc3[nH]2)cc2cc(Cl)ccc21. The van der Waals surface area contributed by atoms with Crippen LogP contribution in [0.3, 0.4) is 0 Å². The Morgan fingerprint density at radius 2 is 1.93 bits per heavy atom. The number of pyridine rings is 1. The highest BCUT2D eigenvalue weighted by molar-refractivity contribution is 6.31. The van der Waals surface area contributed by atoms with Gasteiger partial charge in [-0.25, -0.2) is 9.66 Å². The Hall–Kier alpha value is -3.03. The van der Waals surface area contributed by atoms with E-state index in [0.717, 1.165) is 53.1 Å². The highest BCUT2D eigenvalue weighted by atomic mass is 35.5. The predicted molar refractivity (Wildman–Crippen MR) is 111 cm³/mol. The number of benzene rings is 2. The van der Waals surface area contributed by atoms with Crippen LogP contribution in [-0.4, -0.2) is 40.9 Å². The van der Waals surface area contributed by atoms with Gasteiger partial charge in [0.25, 0.3) is 5.56 Å². The van der Waals surface area contributed by atoms with Gasteiger partial charge in [-0.15, -0.1) is 0 Å². The van der Waals surface area contributed by atoms with Gasteiger partial charge in [-0.3, -0.25) is 4.79 Å². The van der Waals surface area contributed by atoms with Crippen molar-refractivity contribution in [2.24, 2.45) is 0 Å². The first-order chi connectivity index (χ1) is 13.6. The Balaban J connectivity index is 1.63. The molecule has 1 aliphatic heterocycles. The van der Waals surface area contributed by atoms with Crippen LogP contribution in [0.2, 0.25) is 5.02 Å². The minimum atomic E-state index is -0.317. The molecule has 3 N–H and O–H groups in total. The van der Waals surface area contributed by atoms with Crippen molar-refractivity contribution in [3.05, 3.63) is 57.8 Å². The molecule has 0 amide bonds. The molecule has 1 saturated heterocycles. The molecule has 0 radical (unpaired) electrons. The Bertz CT molecular complexity index is 1260. The molecule has 2 aromatic heterocycles. The number of imidazole rings is 1. The Morgan fingerprint density at radius 3 is 2.75 bits per heavy atom. The van der Waals surface area contributed by atoms with Crippen LogP contribution in [-0.2, 0) is 4.74 Å². The number of hydrogen-bond acceptors (Lipinski definition) is 5. The minimum absolute atomic E-state index is 0.317. The first-order valence-corrected chi connectivity index (χ1v) is 9.41. The van der Waals surface area contributed by atoms with E-state index in [1.54, 1.807) is 24.3 Å². The number of halogens is 1. The molecule has 0 aliphatic carbocycles. The van der Waals surface area contributed by atoms with Gasteiger partial charge in [-0.2, -0.15) is 0 Å². The highest BCUT2D eigenvalue weighted by Crippen LogP contribution is 2.26. The molecule has 0 atom stereocenters. The minimum Gasteiger partial charge on any atom is -0.378 e. The predicted octanol–water partition coefficient (Wildman–Crippen LogP) is 2.75. The summed E-state index contributed by atoms with van der Waals surface area (Å²) in [5.41, 5.74) is 3.47. The normalized spacial score (nSPS) is 14.8. The Morgan fingerprint density at radius 1 is 1.11 bits per heavy atom. The smallest absolute Gasteiger partial charge is 0.280 e. The summed E-state index contributed by atoms with van der Waals surface area (Å²) in [6.45, 7) is 3.16. The third kappa shape index (κ3) is 2.80. The third-order valence-electron chi connectivity index (χ3n) is 5.09. The van der Waals surface area contributed by atoms with Crippen LogP contribution in [0.5, 0.6) is 0 Å². The lowest BCUT2D eigenvalue weighted by Gasteiger charge is -2.28. The van der Waals surface area contributed by atoms with E-state index in [9.17, 15) is 4.79 Å². The highest BCUT2D eigenvalue weighted by Gasteiger charge is 2.16. The number of morpholine rings is 1. The zero-order valence-corrected chi connectivity index (χ0v) is 15.7. The van der Waals surface area contributed by atoms with Crippen molar-refractivity contribution in [2.75, 3.05) is 37.0 Å². The lowest BCUT2D eigenvalue weighted by molar-refractivity contribution is 0.122. The summed E-state index contributed by atoms with van der Waals surface area (Å²) in [7, 11) is 0. The first-order valence-electron chi connectivity index (χ1n) is 9.03. The molecular formula is C20H18ClN5O2. The Labute approximate surface area is 165 Å². The van der Waals surface area contributed by atoms with Gasteiger partial charge in [-0.05, 0) is 42.5 Å². The second kappa shape index (κ2) is 6.54. The number of nitrogens with two attached hydrogens (primary N) is 1. The number of rotatable bonds is 2. The van der Waals surface area contributed by atoms with Crippen LogP contribution >= 0.6 is 11.6 Å². The van der Waals surface area contributed by atoms with Crippen molar-refractivity contribution in [2.45, 2.75) is 0 Å². The summed E-state index contributed by atoms with van der Waals surface area (Å²) in [5.74, 6) is 6.51. The molecule has 0 spiro atoms. The van der Waals surface area contributed by atoms with Crippen molar-refractivity contribution >= 4 is 39.2 Å². The maximum absolute atomic E-state index is 12.8. The summed E-state index contributed by atoms with van der Waals surface area (Å²) in [6, 6.07) is 13.0. The van der Waals surface area contributed by atoms with Gasteiger partial charge in [0.15, 0.2) is 0 Å². The van der Waals surface area contributed by atoms with Crippen molar-refractivity contribution in [1.29, 1.82) is 0 Å². The van der Waals surface area contributed by atoms with E-state index in [4.69, 9.17) is 22.2 Å². The quantitative estimate of drug-likeness (QED) is 0.509. The van der Waals surface area contributed by atoms with Crippen molar-refractivity contribution in [1.82, 2.24) is 14.6 Å². The monoisotopic (exact) mass is 395 g/mol. The number of ether oxygens (including phenoxy) is 1. The largest absolute Gasteiger partial charge is 0.378 e. The zero-order valence-electron chi connectivity index (χ0n) is 15.0. The average Bonchev–Trinajstić information content (AvgIpc) is 3.14. The standard InChI is InChI=1S/C20H18ClN5O2/c21-13-1-4-18-12(9-13)10-15(20(27)26(18)22)19-23-16-3-2-14(11-17(16)24-19)25-5-7-28-8-6-25/h1-4,9-11H,5-8,22H2,(H,23,24). The molecule has 1 fully saturated rings. The summed E-state index contributed by atoms with van der Waals surface area (Å²) in [4.78, 5) is 22.9. The molecule has 3 heterocycles. The van der Waals surface area contributed by atoms with Gasteiger partial charge in [-0.1, -0.05) is 11.6 Å². The summed E-state index contributed by atoms with van der Waals surface area (Å²) >= 11 is 6.10. The summed E-state index contributed by atoms with van der Waals surface area (Å²) in [5, 5.41) is 1.36. The van der Waals surface area contributed by atoms with Gasteiger partial charge in [0.2, 0.25) is 0 Å². The van der Waals surface area contributed by atoms with E-state index in [0.29, 0.717) is 21.9 Å². The molecule has 0 bridgehead atoms. The maximum atomic E-state index is 12.8. The summed E-state index contributed by atoms with van der Waals surface area (Å²) in [6.07, 6.45) is 0. The fourth-order valence-corrected chi connectivity index (χ4v) is 3.81. The number of fused-ring (bicyclic) bond motifs is 2. The van der Waals surface area contributed by atoms with E-state index < -0.39 is 0 Å². The summed E-state index contributed by atoms with van der Waals surface area (Å²) < 4.78 is 6.55. The molecule has 0 unspecified atom stereocenters. The van der Waals surface area contributed by atoms with Crippen molar-refractivity contribution < 1.29 is 4.74 Å². The molecule has 5 rings (SSSR count). The molecule has 142 valence electrons. The lowest BCUT2D eigenvalue weighted by atomic mass is 10.1. The van der Waals surface area contributed by atoms with Crippen LogP contribution in [0.15, 0.2) is 47.3 Å². The number of nitrogen functional groups attached to an aromatic ring is 1. The van der Waals surface area contributed by atoms with E-state index in [2.05, 4.69) is 20.9 Å². The number of nitrogens with one attached hydrogen (secondary N) is 1. The number of H-pyrrole nitrogens is 1. The molecule has 2 aromatic carbocycles. The molecule has 4 aromatic rings. The van der Waals surface area contributed by atoms with Gasteiger partial charge in [0.05, 0.1) is 35.3 Å². The van der Waals surface area contributed by atoms with Crippen LogP contribution in [0.25, 0.3) is 33.3 Å². The topological polar surface area (TPSA) is 89.2 Å². The van der Waals surface area contributed by atoms with Crippen LogP contribution in [0, 0.1) is 0 Å². The van der Waals surface area contributed by atoms with E-state index in [-0.39, 0.29) is 5.56 Å². The zero-order chi connectivity index (χ0) is 19.3. The second-order valence-corrected chi connectivity index (χ2v) is 7.26. The van der Waals surface area contributed by atoms with E-state index in [1.165, 1.54) is 0 Å². The molecule has 0 saturated carbocycles. The van der Waals surface area contributed by atoms with Gasteiger partial charge >= 0.3 is 0 Å². The van der Waals surface area contributed by atoms with Gasteiger partial charge in [0, 0.05) is 29.2 Å². The van der Waals surface area contributed by atoms with E-state index >= 15 is 0 Å². The fraction of sp³-hybridized carbons (Fsp3) is 0.200. The van der Waals surface area contributed by atoms with Crippen molar-refractivity contribution in [3.8, 4) is 11.4 Å². The molecular weight excluding hydrogens is 378 g/mol. The lowest BCUT2D eigenvalue weighted by Crippen LogP contribution is -2.36. The van der Waals surface area contributed by atoms with Gasteiger partial charge in [0.1, 0.15) is 5.82 Å². The molecule has 28 heavy (non-hydrogen) atoms. The van der Waals surface area contributed by atoms with Crippen LogP contribution < -0.4 is 16.3 Å². The molecule has 8 heteroatoms.